The topological polar surface area (TPSA) is 120 Å². The summed E-state index contributed by atoms with van der Waals surface area (Å²) >= 11 is 0. The Bertz CT molecular complexity index is 2290. The van der Waals surface area contributed by atoms with Crippen LogP contribution in [0.2, 0.25) is 0 Å². The van der Waals surface area contributed by atoms with E-state index in [9.17, 15) is 0 Å². The Hall–Kier alpha value is -4.68. The summed E-state index contributed by atoms with van der Waals surface area (Å²) in [5.41, 5.74) is 4.94. The van der Waals surface area contributed by atoms with Crippen LogP contribution in [0, 0.1) is 0 Å². The first-order valence-electron chi connectivity index (χ1n) is 24.4. The van der Waals surface area contributed by atoms with Gasteiger partial charge < -0.3 is 61.6 Å². The summed E-state index contributed by atoms with van der Waals surface area (Å²) in [6, 6.07) is 50.1. The lowest BCUT2D eigenvalue weighted by atomic mass is 9.98. The largest absolute Gasteiger partial charge is 0.368 e. The fourth-order valence-corrected chi connectivity index (χ4v) is 9.29. The molecule has 5 aromatic carbocycles. The lowest BCUT2D eigenvalue weighted by Crippen LogP contribution is -2.64. The van der Waals surface area contributed by atoms with Gasteiger partial charge in [-0.15, -0.1) is 6.58 Å². The van der Waals surface area contributed by atoms with Gasteiger partial charge in [-0.1, -0.05) is 158 Å². The Morgan fingerprint density at radius 2 is 0.829 bits per heavy atom. The standard InChI is InChI=1S/C57H66O13/c1-5-31-58-56-53-50(69-57(3,4)70-53)47(39(2)66-56)67-55-52(63-36-44-29-19-10-20-30-44)49(46(38-65-55)60-33-41-23-13-7-14-24-41)68-54-51(62-35-43-27-17-9-18-28-43)48(61-34-42-25-15-8-16-26-42)45(37-64-54)59-32-40-21-11-6-12-22-40/h5-30,39,45-56H,1,31-38H2,2-4H3/t39?,45-,46-,47+,48?,49?,50?,51?,52?,53?,54+,55+,56-/m1/s1. The van der Waals surface area contributed by atoms with Gasteiger partial charge >= 0.3 is 0 Å². The predicted octanol–water partition coefficient (Wildman–Crippen LogP) is 8.86. The summed E-state index contributed by atoms with van der Waals surface area (Å²) in [5.74, 6) is -0.937. The Kier molecular flexibility index (Phi) is 17.7. The van der Waals surface area contributed by atoms with Crippen LogP contribution in [0.5, 0.6) is 0 Å². The maximum atomic E-state index is 7.35. The quantitative estimate of drug-likeness (QED) is 0.0616. The van der Waals surface area contributed by atoms with Crippen LogP contribution in [-0.4, -0.2) is 106 Å². The highest BCUT2D eigenvalue weighted by atomic mass is 16.8. The molecule has 13 atom stereocenters. The van der Waals surface area contributed by atoms with E-state index < -0.39 is 85.7 Å². The smallest absolute Gasteiger partial charge is 0.187 e. The third kappa shape index (κ3) is 13.2. The summed E-state index contributed by atoms with van der Waals surface area (Å²) in [7, 11) is 0. The molecule has 4 fully saturated rings. The van der Waals surface area contributed by atoms with Gasteiger partial charge in [0, 0.05) is 0 Å². The lowest BCUT2D eigenvalue weighted by Gasteiger charge is -2.48. The van der Waals surface area contributed by atoms with E-state index in [0.717, 1.165) is 27.8 Å². The average molecular weight is 959 g/mol. The number of fused-ring (bicyclic) bond motifs is 1. The Labute approximate surface area is 411 Å². The molecule has 13 heteroatoms. The van der Waals surface area contributed by atoms with Gasteiger partial charge in [-0.2, -0.15) is 0 Å². The third-order valence-electron chi connectivity index (χ3n) is 12.8. The van der Waals surface area contributed by atoms with E-state index in [-0.39, 0.29) is 39.6 Å². The van der Waals surface area contributed by atoms with Gasteiger partial charge in [-0.25, -0.2) is 0 Å². The Morgan fingerprint density at radius 3 is 1.27 bits per heavy atom. The van der Waals surface area contributed by atoms with E-state index in [2.05, 4.69) is 6.58 Å². The molecule has 13 nitrogen and oxygen atoms in total. The first-order valence-corrected chi connectivity index (χ1v) is 24.4. The highest BCUT2D eigenvalue weighted by Crippen LogP contribution is 2.41. The van der Waals surface area contributed by atoms with E-state index in [4.69, 9.17) is 61.6 Å². The van der Waals surface area contributed by atoms with Gasteiger partial charge in [0.05, 0.1) is 59.0 Å². The van der Waals surface area contributed by atoms with Gasteiger partial charge in [0.15, 0.2) is 24.7 Å². The van der Waals surface area contributed by atoms with Crippen molar-refractivity contribution in [1.82, 2.24) is 0 Å². The van der Waals surface area contributed by atoms with E-state index in [1.165, 1.54) is 0 Å². The minimum atomic E-state index is -1.00. The molecule has 4 heterocycles. The third-order valence-corrected chi connectivity index (χ3v) is 12.8. The number of hydrogen-bond donors (Lipinski definition) is 0. The van der Waals surface area contributed by atoms with Crippen LogP contribution in [-0.2, 0) is 94.6 Å². The van der Waals surface area contributed by atoms with Crippen LogP contribution in [0.15, 0.2) is 164 Å². The molecule has 372 valence electrons. The zero-order valence-corrected chi connectivity index (χ0v) is 40.2. The Morgan fingerprint density at radius 1 is 0.457 bits per heavy atom. The number of hydrogen-bond acceptors (Lipinski definition) is 13. The number of benzene rings is 5. The average Bonchev–Trinajstić information content (AvgIpc) is 3.73. The molecule has 70 heavy (non-hydrogen) atoms. The summed E-state index contributed by atoms with van der Waals surface area (Å²) in [4.78, 5) is 0. The molecule has 0 bridgehead atoms. The van der Waals surface area contributed by atoms with Crippen LogP contribution in [0.1, 0.15) is 48.6 Å². The number of ether oxygens (including phenoxy) is 13. The maximum absolute atomic E-state index is 7.35. The molecule has 0 radical (unpaired) electrons. The second-order valence-corrected chi connectivity index (χ2v) is 18.5. The monoisotopic (exact) mass is 958 g/mol. The molecule has 4 aliphatic rings. The molecule has 7 unspecified atom stereocenters. The predicted molar refractivity (Wildman–Crippen MR) is 259 cm³/mol. The Balaban J connectivity index is 1.05. The van der Waals surface area contributed by atoms with E-state index in [1.807, 2.05) is 172 Å². The van der Waals surface area contributed by atoms with Crippen molar-refractivity contribution in [3.8, 4) is 0 Å². The first kappa shape index (κ1) is 50.3. The van der Waals surface area contributed by atoms with Gasteiger partial charge in [0.25, 0.3) is 0 Å². The molecule has 4 aliphatic heterocycles. The van der Waals surface area contributed by atoms with Crippen LogP contribution < -0.4 is 0 Å². The lowest BCUT2D eigenvalue weighted by molar-refractivity contribution is -0.368. The van der Waals surface area contributed by atoms with Crippen LogP contribution in [0.3, 0.4) is 0 Å². The summed E-state index contributed by atoms with van der Waals surface area (Å²) in [6.07, 6.45) is -7.73. The van der Waals surface area contributed by atoms with Gasteiger partial charge in [-0.05, 0) is 48.6 Å². The van der Waals surface area contributed by atoms with Crippen molar-refractivity contribution in [1.29, 1.82) is 0 Å². The maximum Gasteiger partial charge on any atom is 0.187 e. The molecule has 0 saturated carbocycles. The fourth-order valence-electron chi connectivity index (χ4n) is 9.29. The number of rotatable bonds is 22. The first-order chi connectivity index (χ1) is 34.3. The van der Waals surface area contributed by atoms with Gasteiger partial charge in [0.2, 0.25) is 0 Å². The zero-order chi connectivity index (χ0) is 48.1. The van der Waals surface area contributed by atoms with Crippen LogP contribution >= 0.6 is 0 Å². The van der Waals surface area contributed by atoms with Gasteiger partial charge in [-0.3, -0.25) is 0 Å². The highest BCUT2D eigenvalue weighted by molar-refractivity contribution is 5.17. The molecule has 0 amide bonds. The van der Waals surface area contributed by atoms with Crippen molar-refractivity contribution in [3.05, 3.63) is 192 Å². The molecule has 0 spiro atoms. The van der Waals surface area contributed by atoms with Crippen molar-refractivity contribution in [2.75, 3.05) is 19.8 Å². The minimum Gasteiger partial charge on any atom is -0.368 e. The zero-order valence-electron chi connectivity index (χ0n) is 40.2. The van der Waals surface area contributed by atoms with E-state index in [0.29, 0.717) is 13.2 Å². The van der Waals surface area contributed by atoms with Crippen molar-refractivity contribution < 1.29 is 61.6 Å². The summed E-state index contributed by atoms with van der Waals surface area (Å²) in [5, 5.41) is 0. The molecule has 0 aliphatic carbocycles. The van der Waals surface area contributed by atoms with Crippen molar-refractivity contribution >= 4 is 0 Å². The molecule has 9 rings (SSSR count). The second-order valence-electron chi connectivity index (χ2n) is 18.5. The minimum absolute atomic E-state index is 0.0936. The second kappa shape index (κ2) is 24.6. The van der Waals surface area contributed by atoms with E-state index >= 15 is 0 Å². The van der Waals surface area contributed by atoms with Crippen molar-refractivity contribution in [2.24, 2.45) is 0 Å². The van der Waals surface area contributed by atoms with Crippen LogP contribution in [0.4, 0.5) is 0 Å². The fraction of sp³-hybridized carbons (Fsp3) is 0.439. The molecular formula is C57H66O13. The molecule has 4 saturated heterocycles. The summed E-state index contributed by atoms with van der Waals surface area (Å²) < 4.78 is 87.7. The SMILES string of the molecule is C=CCO[C@@H]1OC(C)[C@H](O[C@@H]2OC[C@@H](OCc3ccccc3)C(O[C@@H]3OC[C@@H](OCc4ccccc4)C(OCc4ccccc4)C3OCc3ccccc3)C2OCc2ccccc2)C2OC(C)(C)OC21. The van der Waals surface area contributed by atoms with Crippen molar-refractivity contribution in [2.45, 2.75) is 140 Å². The highest BCUT2D eigenvalue weighted by Gasteiger charge is 2.58. The van der Waals surface area contributed by atoms with Crippen LogP contribution in [0.25, 0.3) is 0 Å². The molecule has 5 aromatic rings. The van der Waals surface area contributed by atoms with Crippen molar-refractivity contribution in [3.63, 3.8) is 0 Å². The van der Waals surface area contributed by atoms with Gasteiger partial charge in [0.1, 0.15) is 54.9 Å². The van der Waals surface area contributed by atoms with E-state index in [1.54, 1.807) is 6.08 Å². The normalized spacial score (nSPS) is 30.6. The molecule has 0 N–H and O–H groups in total. The molecular weight excluding hydrogens is 893 g/mol. The summed E-state index contributed by atoms with van der Waals surface area (Å²) in [6.45, 7) is 11.4. The molecule has 0 aromatic heterocycles.